The molecule has 2 N–H and O–H groups in total. The summed E-state index contributed by atoms with van der Waals surface area (Å²) >= 11 is 0. The number of hydrogen-bond acceptors (Lipinski definition) is 7. The van der Waals surface area contributed by atoms with Gasteiger partial charge in [-0.2, -0.15) is 0 Å². The Hall–Kier alpha value is -4.47. The smallest absolute Gasteiger partial charge is 0.271 e. The Morgan fingerprint density at radius 1 is 0.695 bits per heavy atom. The van der Waals surface area contributed by atoms with Crippen LogP contribution in [0.25, 0.3) is 22.2 Å². The molecule has 0 spiro atoms. The van der Waals surface area contributed by atoms with Crippen LogP contribution in [0.3, 0.4) is 0 Å². The van der Waals surface area contributed by atoms with Crippen molar-refractivity contribution >= 4 is 16.9 Å². The van der Waals surface area contributed by atoms with E-state index in [-0.39, 0.29) is 30.6 Å². The number of ether oxygens (including phenoxy) is 2. The van der Waals surface area contributed by atoms with Gasteiger partial charge in [-0.3, -0.25) is 9.78 Å². The van der Waals surface area contributed by atoms with Crippen LogP contribution in [0.1, 0.15) is 143 Å². The van der Waals surface area contributed by atoms with Gasteiger partial charge in [0.1, 0.15) is 5.69 Å². The topological polar surface area (TPSA) is 96.8 Å². The lowest BCUT2D eigenvalue weighted by Crippen LogP contribution is -2.45. The standard InChI is InChI=1S/C51H66N4O4/c1-4-6-8-10-12-16-31-55(32-17-13-11-9-7-5-2)36-48-38(3)49(42-25-23-39(37-56)24-26-42)59-51(58-48)43-29-27-41(28-30-43)44-20-18-19-40(33-44)34-53-50(57)47-35-52-45-21-14-15-22-46(45)54-47/h14-15,18-30,33,35,38,48-49,51,56H,4-13,16-17,31-32,34,36-37H2,1-3H3,(H,53,57)/t38-,48+,49+,51+/m0/s1. The Kier molecular flexibility index (Phi) is 17.5. The van der Waals surface area contributed by atoms with Crippen molar-refractivity contribution in [1.29, 1.82) is 0 Å². The quantitative estimate of drug-likeness (QED) is 0.0635. The third-order valence-electron chi connectivity index (χ3n) is 11.8. The molecule has 0 saturated carbocycles. The van der Waals surface area contributed by atoms with Crippen molar-refractivity contribution in [2.75, 3.05) is 19.6 Å². The molecule has 8 heteroatoms. The van der Waals surface area contributed by atoms with Crippen LogP contribution in [0.5, 0.6) is 0 Å². The van der Waals surface area contributed by atoms with Gasteiger partial charge in [-0.1, -0.05) is 164 Å². The van der Waals surface area contributed by atoms with Gasteiger partial charge in [0.05, 0.1) is 36.0 Å². The largest absolute Gasteiger partial charge is 0.392 e. The number of carbonyl (C=O) groups is 1. The number of nitrogens with one attached hydrogen (secondary N) is 1. The van der Waals surface area contributed by atoms with Crippen LogP contribution < -0.4 is 5.32 Å². The fourth-order valence-electron chi connectivity index (χ4n) is 8.14. The summed E-state index contributed by atoms with van der Waals surface area (Å²) in [5.74, 6) is -0.118. The van der Waals surface area contributed by atoms with Crippen LogP contribution in [0, 0.1) is 5.92 Å². The van der Waals surface area contributed by atoms with Crippen LogP contribution >= 0.6 is 0 Å². The second-order valence-electron chi connectivity index (χ2n) is 16.4. The molecular formula is C51H66N4O4. The predicted molar refractivity (Wildman–Crippen MR) is 239 cm³/mol. The number of aliphatic hydroxyl groups is 1. The highest BCUT2D eigenvalue weighted by Crippen LogP contribution is 2.42. The lowest BCUT2D eigenvalue weighted by molar-refractivity contribution is -0.276. The Morgan fingerprint density at radius 2 is 1.34 bits per heavy atom. The van der Waals surface area contributed by atoms with Crippen LogP contribution in [-0.4, -0.2) is 51.6 Å². The van der Waals surface area contributed by atoms with E-state index in [0.29, 0.717) is 17.8 Å². The number of fused-ring (bicyclic) bond motifs is 1. The van der Waals surface area contributed by atoms with Crippen molar-refractivity contribution < 1.29 is 19.4 Å². The van der Waals surface area contributed by atoms with Crippen LogP contribution in [0.15, 0.2) is 103 Å². The first-order chi connectivity index (χ1) is 28.9. The van der Waals surface area contributed by atoms with Gasteiger partial charge in [0.15, 0.2) is 6.29 Å². The number of para-hydroxylation sites is 2. The fourth-order valence-corrected chi connectivity index (χ4v) is 8.14. The molecule has 4 atom stereocenters. The number of rotatable bonds is 23. The number of aromatic nitrogens is 2. The molecular weight excluding hydrogens is 733 g/mol. The van der Waals surface area contributed by atoms with Gasteiger partial charge < -0.3 is 24.8 Å². The molecule has 1 aliphatic heterocycles. The summed E-state index contributed by atoms with van der Waals surface area (Å²) in [6, 6.07) is 32.5. The zero-order valence-electron chi connectivity index (χ0n) is 35.7. The van der Waals surface area contributed by atoms with E-state index in [1.807, 2.05) is 48.5 Å². The monoisotopic (exact) mass is 799 g/mol. The molecule has 8 nitrogen and oxygen atoms in total. The highest BCUT2D eigenvalue weighted by Gasteiger charge is 2.39. The van der Waals surface area contributed by atoms with Gasteiger partial charge in [-0.15, -0.1) is 0 Å². The maximum atomic E-state index is 13.0. The molecule has 2 heterocycles. The molecule has 1 amide bonds. The highest BCUT2D eigenvalue weighted by molar-refractivity contribution is 5.93. The summed E-state index contributed by atoms with van der Waals surface area (Å²) in [7, 11) is 0. The highest BCUT2D eigenvalue weighted by atomic mass is 16.7. The van der Waals surface area contributed by atoms with Crippen molar-refractivity contribution in [2.45, 2.75) is 129 Å². The average Bonchev–Trinajstić information content (AvgIpc) is 3.28. The molecule has 0 radical (unpaired) electrons. The Balaban J connectivity index is 1.14. The number of aliphatic hydroxyl groups excluding tert-OH is 1. The summed E-state index contributed by atoms with van der Waals surface area (Å²) in [5, 5.41) is 12.8. The third kappa shape index (κ3) is 13.0. The van der Waals surface area contributed by atoms with E-state index in [9.17, 15) is 9.90 Å². The molecule has 1 saturated heterocycles. The zero-order chi connectivity index (χ0) is 41.2. The number of nitrogens with zero attached hydrogens (tertiary/aromatic N) is 3. The number of amides is 1. The van der Waals surface area contributed by atoms with Crippen LogP contribution in [-0.2, 0) is 22.6 Å². The molecule has 1 aromatic heterocycles. The lowest BCUT2D eigenvalue weighted by Gasteiger charge is -2.43. The molecule has 1 fully saturated rings. The van der Waals surface area contributed by atoms with E-state index in [0.717, 1.165) is 58.5 Å². The second-order valence-corrected chi connectivity index (χ2v) is 16.4. The van der Waals surface area contributed by atoms with Crippen molar-refractivity contribution in [3.05, 3.63) is 131 Å². The average molecular weight is 799 g/mol. The lowest BCUT2D eigenvalue weighted by atomic mass is 9.89. The van der Waals surface area contributed by atoms with Crippen molar-refractivity contribution in [3.8, 4) is 11.1 Å². The summed E-state index contributed by atoms with van der Waals surface area (Å²) in [6.07, 6.45) is 16.3. The zero-order valence-corrected chi connectivity index (χ0v) is 35.7. The Bertz CT molecular complexity index is 1990. The predicted octanol–water partition coefficient (Wildman–Crippen LogP) is 11.5. The van der Waals surface area contributed by atoms with E-state index < -0.39 is 6.29 Å². The van der Waals surface area contributed by atoms with Gasteiger partial charge in [-0.25, -0.2) is 4.98 Å². The number of benzene rings is 4. The fraction of sp³-hybridized carbons (Fsp3) is 0.471. The maximum Gasteiger partial charge on any atom is 0.271 e. The molecule has 5 aromatic rings. The molecule has 0 aliphatic carbocycles. The first-order valence-electron chi connectivity index (χ1n) is 22.4. The normalized spacial score (nSPS) is 18.1. The number of hydrogen-bond donors (Lipinski definition) is 2. The number of unbranched alkanes of at least 4 members (excludes halogenated alkanes) is 10. The van der Waals surface area contributed by atoms with E-state index >= 15 is 0 Å². The minimum absolute atomic E-state index is 0.0105. The van der Waals surface area contributed by atoms with Gasteiger partial charge in [0, 0.05) is 24.6 Å². The summed E-state index contributed by atoms with van der Waals surface area (Å²) < 4.78 is 13.8. The molecule has 0 bridgehead atoms. The third-order valence-corrected chi connectivity index (χ3v) is 11.8. The first-order valence-corrected chi connectivity index (χ1v) is 22.4. The van der Waals surface area contributed by atoms with E-state index in [1.165, 1.54) is 83.2 Å². The Morgan fingerprint density at radius 3 is 2.02 bits per heavy atom. The Labute approximate surface area is 352 Å². The molecule has 0 unspecified atom stereocenters. The van der Waals surface area contributed by atoms with Crippen molar-refractivity contribution in [2.24, 2.45) is 5.92 Å². The minimum Gasteiger partial charge on any atom is -0.392 e. The van der Waals surface area contributed by atoms with Gasteiger partial charge in [0.2, 0.25) is 0 Å². The van der Waals surface area contributed by atoms with Crippen LogP contribution in [0.2, 0.25) is 0 Å². The molecule has 59 heavy (non-hydrogen) atoms. The van der Waals surface area contributed by atoms with Crippen molar-refractivity contribution in [3.63, 3.8) is 0 Å². The van der Waals surface area contributed by atoms with Crippen LogP contribution in [0.4, 0.5) is 0 Å². The molecule has 1 aliphatic rings. The van der Waals surface area contributed by atoms with E-state index in [4.69, 9.17) is 9.47 Å². The van der Waals surface area contributed by atoms with E-state index in [1.54, 1.807) is 0 Å². The summed E-state index contributed by atoms with van der Waals surface area (Å²) in [5.41, 5.74) is 7.87. The maximum absolute atomic E-state index is 13.0. The van der Waals surface area contributed by atoms with Gasteiger partial charge >= 0.3 is 0 Å². The molecule has 4 aromatic carbocycles. The molecule has 314 valence electrons. The van der Waals surface area contributed by atoms with Gasteiger partial charge in [-0.05, 0) is 71.9 Å². The SMILES string of the molecule is CCCCCCCCN(CCCCCCCC)C[C@H]1O[C@@H](c2ccc(-c3cccc(CNC(=O)c4cnc5ccccc5n4)c3)cc2)O[C@@H](c2ccc(CO)cc2)[C@H]1C. The molecule has 6 rings (SSSR count). The first kappa shape index (κ1) is 44.1. The second kappa shape index (κ2) is 23.4. The summed E-state index contributed by atoms with van der Waals surface area (Å²) in [6.45, 7) is 10.3. The van der Waals surface area contributed by atoms with E-state index in [2.05, 4.69) is 89.5 Å². The van der Waals surface area contributed by atoms with Gasteiger partial charge in [0.25, 0.3) is 5.91 Å². The van der Waals surface area contributed by atoms with Crippen molar-refractivity contribution in [1.82, 2.24) is 20.2 Å². The minimum atomic E-state index is -0.516. The summed E-state index contributed by atoms with van der Waals surface area (Å²) in [4.78, 5) is 24.5. The number of carbonyl (C=O) groups excluding carboxylic acids is 1.